The Balaban J connectivity index is 1.74. The first-order chi connectivity index (χ1) is 13.9. The number of hydrogen-bond acceptors (Lipinski definition) is 6. The van der Waals surface area contributed by atoms with Crippen molar-refractivity contribution < 1.29 is 28.7 Å². The molecule has 30 heavy (non-hydrogen) atoms. The molecule has 1 saturated heterocycles. The van der Waals surface area contributed by atoms with Gasteiger partial charge in [-0.3, -0.25) is 14.5 Å². The van der Waals surface area contributed by atoms with Crippen LogP contribution in [0.5, 0.6) is 0 Å². The van der Waals surface area contributed by atoms with Crippen LogP contribution in [0, 0.1) is 5.92 Å². The van der Waals surface area contributed by atoms with Crippen LogP contribution in [0.25, 0.3) is 0 Å². The van der Waals surface area contributed by atoms with Crippen LogP contribution in [0.15, 0.2) is 23.1 Å². The Morgan fingerprint density at radius 3 is 2.73 bits per heavy atom. The molecule has 0 radical (unpaired) electrons. The first-order valence-corrected chi connectivity index (χ1v) is 13.7. The molecule has 0 aromatic heterocycles. The highest BCUT2D eigenvalue weighted by molar-refractivity contribution is 8.00. The standard InChI is InChI=1S/C20H28N2O6SSi/c1-20(2,3)30(4,5)27-10-13(18(24)25)15-9-22(19(26)28-15)12-6-7-16-14(8-12)21-17(23)11-29-16/h6-8,13,15H,9-11H2,1-5H3,(H,21,23)(H,24,25). The number of carboxylic acids is 1. The highest BCUT2D eigenvalue weighted by Crippen LogP contribution is 2.38. The van der Waals surface area contributed by atoms with Gasteiger partial charge in [-0.15, -0.1) is 11.8 Å². The van der Waals surface area contributed by atoms with Crippen molar-refractivity contribution >= 4 is 49.4 Å². The van der Waals surface area contributed by atoms with Crippen LogP contribution in [0.4, 0.5) is 16.2 Å². The van der Waals surface area contributed by atoms with Gasteiger partial charge in [0.1, 0.15) is 12.0 Å². The highest BCUT2D eigenvalue weighted by Gasteiger charge is 2.44. The summed E-state index contributed by atoms with van der Waals surface area (Å²) in [6.07, 6.45) is -1.42. The normalized spacial score (nSPS) is 20.4. The van der Waals surface area contributed by atoms with Gasteiger partial charge >= 0.3 is 12.1 Å². The molecular formula is C20H28N2O6SSi. The number of nitrogens with one attached hydrogen (secondary N) is 1. The van der Waals surface area contributed by atoms with Crippen LogP contribution in [0.2, 0.25) is 18.1 Å². The van der Waals surface area contributed by atoms with Gasteiger partial charge in [-0.2, -0.15) is 0 Å². The Kier molecular flexibility index (Phi) is 6.22. The van der Waals surface area contributed by atoms with E-state index in [1.807, 2.05) is 6.07 Å². The lowest BCUT2D eigenvalue weighted by Crippen LogP contribution is -2.45. The third-order valence-electron chi connectivity index (χ3n) is 5.94. The fraction of sp³-hybridized carbons (Fsp3) is 0.550. The average Bonchev–Trinajstić information content (AvgIpc) is 3.01. The number of carbonyl (C=O) groups excluding carboxylic acids is 2. The van der Waals surface area contributed by atoms with Gasteiger partial charge in [0.15, 0.2) is 8.32 Å². The molecule has 2 amide bonds. The second-order valence-electron chi connectivity index (χ2n) is 9.07. The van der Waals surface area contributed by atoms with Gasteiger partial charge < -0.3 is 19.6 Å². The van der Waals surface area contributed by atoms with Crippen molar-refractivity contribution in [3.05, 3.63) is 18.2 Å². The Labute approximate surface area is 181 Å². The zero-order valence-corrected chi connectivity index (χ0v) is 19.7. The van der Waals surface area contributed by atoms with Crippen molar-refractivity contribution in [2.75, 3.05) is 29.1 Å². The molecule has 1 fully saturated rings. The van der Waals surface area contributed by atoms with Crippen LogP contribution in [-0.4, -0.2) is 56.4 Å². The summed E-state index contributed by atoms with van der Waals surface area (Å²) < 4.78 is 11.5. The number of aliphatic carboxylic acids is 1. The highest BCUT2D eigenvalue weighted by atomic mass is 32.2. The number of carbonyl (C=O) groups is 3. The number of anilines is 2. The second-order valence-corrected chi connectivity index (χ2v) is 14.9. The van der Waals surface area contributed by atoms with Crippen LogP contribution in [-0.2, 0) is 18.8 Å². The van der Waals surface area contributed by atoms with E-state index in [2.05, 4.69) is 39.2 Å². The summed E-state index contributed by atoms with van der Waals surface area (Å²) in [5.74, 6) is -1.75. The maximum Gasteiger partial charge on any atom is 0.414 e. The maximum absolute atomic E-state index is 12.5. The number of cyclic esters (lactones) is 1. The first-order valence-electron chi connectivity index (χ1n) is 9.80. The van der Waals surface area contributed by atoms with Gasteiger partial charge in [-0.05, 0) is 36.3 Å². The molecule has 3 rings (SSSR count). The van der Waals surface area contributed by atoms with E-state index in [-0.39, 0.29) is 24.1 Å². The van der Waals surface area contributed by atoms with Crippen molar-refractivity contribution in [3.8, 4) is 0 Å². The largest absolute Gasteiger partial charge is 0.481 e. The van der Waals surface area contributed by atoms with Gasteiger partial charge in [0, 0.05) is 10.6 Å². The third kappa shape index (κ3) is 4.65. The number of amides is 2. The molecule has 10 heteroatoms. The van der Waals surface area contributed by atoms with Crippen LogP contribution in [0.3, 0.4) is 0 Å². The number of thioether (sulfide) groups is 1. The predicted octanol–water partition coefficient (Wildman–Crippen LogP) is 3.78. The lowest BCUT2D eigenvalue weighted by molar-refractivity contribution is -0.146. The molecule has 1 aromatic carbocycles. The minimum atomic E-state index is -2.15. The number of benzene rings is 1. The van der Waals surface area contributed by atoms with Gasteiger partial charge in [0.05, 0.1) is 24.6 Å². The molecule has 0 saturated carbocycles. The second kappa shape index (κ2) is 8.24. The van der Waals surface area contributed by atoms with Crippen molar-refractivity contribution in [2.24, 2.45) is 5.92 Å². The van der Waals surface area contributed by atoms with E-state index >= 15 is 0 Å². The number of ether oxygens (including phenoxy) is 1. The Hall–Kier alpha value is -2.04. The van der Waals surface area contributed by atoms with Crippen molar-refractivity contribution in [2.45, 2.75) is 49.9 Å². The van der Waals surface area contributed by atoms with E-state index in [1.165, 1.54) is 16.7 Å². The van der Waals surface area contributed by atoms with E-state index in [9.17, 15) is 19.5 Å². The topological polar surface area (TPSA) is 105 Å². The lowest BCUT2D eigenvalue weighted by atomic mass is 10.0. The summed E-state index contributed by atoms with van der Waals surface area (Å²) in [6.45, 7) is 10.5. The molecule has 2 aliphatic rings. The van der Waals surface area contributed by atoms with Crippen molar-refractivity contribution in [1.82, 2.24) is 0 Å². The van der Waals surface area contributed by atoms with E-state index in [1.54, 1.807) is 12.1 Å². The Bertz CT molecular complexity index is 869. The van der Waals surface area contributed by atoms with Crippen LogP contribution >= 0.6 is 11.8 Å². The van der Waals surface area contributed by atoms with E-state index < -0.39 is 32.4 Å². The summed E-state index contributed by atoms with van der Waals surface area (Å²) in [5, 5.41) is 12.5. The smallest absolute Gasteiger partial charge is 0.414 e. The Morgan fingerprint density at radius 2 is 2.10 bits per heavy atom. The van der Waals surface area contributed by atoms with E-state index in [0.29, 0.717) is 17.1 Å². The molecule has 0 spiro atoms. The first kappa shape index (κ1) is 22.6. The molecule has 8 nitrogen and oxygen atoms in total. The van der Waals surface area contributed by atoms with Gasteiger partial charge in [0.25, 0.3) is 0 Å². The summed E-state index contributed by atoms with van der Waals surface area (Å²) in [7, 11) is -2.15. The summed E-state index contributed by atoms with van der Waals surface area (Å²) in [4.78, 5) is 38.4. The SMILES string of the molecule is CC(C)(C)[Si](C)(C)OCC(C(=O)O)C1CN(c2ccc3c(c2)NC(=O)CS3)C(=O)O1. The molecule has 164 valence electrons. The number of carboxylic acid groups (broad SMARTS) is 1. The average molecular weight is 453 g/mol. The molecule has 0 aliphatic carbocycles. The van der Waals surface area contributed by atoms with Crippen molar-refractivity contribution in [3.63, 3.8) is 0 Å². The number of nitrogens with zero attached hydrogens (tertiary/aromatic N) is 1. The van der Waals surface area contributed by atoms with Crippen molar-refractivity contribution in [1.29, 1.82) is 0 Å². The van der Waals surface area contributed by atoms with Gasteiger partial charge in [0.2, 0.25) is 5.91 Å². The summed E-state index contributed by atoms with van der Waals surface area (Å²) in [5.41, 5.74) is 1.19. The number of hydrogen-bond donors (Lipinski definition) is 2. The fourth-order valence-electron chi connectivity index (χ4n) is 3.00. The molecule has 2 unspecified atom stereocenters. The van der Waals surface area contributed by atoms with Gasteiger partial charge in [-0.1, -0.05) is 20.8 Å². The zero-order chi connectivity index (χ0) is 22.3. The predicted molar refractivity (Wildman–Crippen MR) is 118 cm³/mol. The molecule has 1 aromatic rings. The van der Waals surface area contributed by atoms with Gasteiger partial charge in [-0.25, -0.2) is 4.79 Å². The molecular weight excluding hydrogens is 424 g/mol. The Morgan fingerprint density at radius 1 is 1.40 bits per heavy atom. The minimum Gasteiger partial charge on any atom is -0.481 e. The number of rotatable bonds is 6. The number of fused-ring (bicyclic) bond motifs is 1. The molecule has 2 heterocycles. The lowest BCUT2D eigenvalue weighted by Gasteiger charge is -2.37. The van der Waals surface area contributed by atoms with Crippen LogP contribution in [0.1, 0.15) is 20.8 Å². The van der Waals surface area contributed by atoms with Crippen LogP contribution < -0.4 is 10.2 Å². The summed E-state index contributed by atoms with van der Waals surface area (Å²) >= 11 is 1.43. The molecule has 2 aliphatic heterocycles. The molecule has 0 bridgehead atoms. The maximum atomic E-state index is 12.5. The van der Waals surface area contributed by atoms with E-state index in [4.69, 9.17) is 9.16 Å². The third-order valence-corrected chi connectivity index (χ3v) is 11.5. The minimum absolute atomic E-state index is 0.00546. The molecule has 2 atom stereocenters. The fourth-order valence-corrected chi connectivity index (χ4v) is 4.81. The molecule has 2 N–H and O–H groups in total. The summed E-state index contributed by atoms with van der Waals surface area (Å²) in [6, 6.07) is 5.32. The zero-order valence-electron chi connectivity index (χ0n) is 17.9. The quantitative estimate of drug-likeness (QED) is 0.633. The van der Waals surface area contributed by atoms with E-state index in [0.717, 1.165) is 4.90 Å². The monoisotopic (exact) mass is 452 g/mol.